The van der Waals surface area contributed by atoms with Gasteiger partial charge >= 0.3 is 0 Å². The summed E-state index contributed by atoms with van der Waals surface area (Å²) in [5.41, 5.74) is 2.71. The largest absolute Gasteiger partial charge is 0.345 e. The second-order valence-corrected chi connectivity index (χ2v) is 5.71. The molecule has 6 heteroatoms. The van der Waals surface area contributed by atoms with Crippen molar-refractivity contribution < 1.29 is 8.42 Å². The number of aromatic nitrogens is 2. The van der Waals surface area contributed by atoms with Gasteiger partial charge in [-0.05, 0) is 24.6 Å². The van der Waals surface area contributed by atoms with Crippen LogP contribution >= 0.6 is 0 Å². The minimum atomic E-state index is -3.39. The lowest BCUT2D eigenvalue weighted by Crippen LogP contribution is -2.23. The normalized spacial score (nSPS) is 11.7. The molecular weight excluding hydrogens is 250 g/mol. The molecular formula is C12H15N3O2S. The number of sulfonamides is 1. The van der Waals surface area contributed by atoms with E-state index in [2.05, 4.69) is 14.7 Å². The SMILES string of the molecule is CCNS(=O)(=O)c1ccc(-c2cnc[nH]2)c(C)c1. The third-order valence-electron chi connectivity index (χ3n) is 2.63. The van der Waals surface area contributed by atoms with Crippen molar-refractivity contribution in [1.29, 1.82) is 0 Å². The summed E-state index contributed by atoms with van der Waals surface area (Å²) in [6, 6.07) is 5.04. The highest BCUT2D eigenvalue weighted by Crippen LogP contribution is 2.23. The van der Waals surface area contributed by atoms with Gasteiger partial charge in [0.05, 0.1) is 23.1 Å². The van der Waals surface area contributed by atoms with E-state index in [0.717, 1.165) is 16.8 Å². The summed E-state index contributed by atoms with van der Waals surface area (Å²) in [7, 11) is -3.39. The fourth-order valence-corrected chi connectivity index (χ4v) is 2.91. The Bertz CT molecular complexity index is 633. The molecule has 0 unspecified atom stereocenters. The summed E-state index contributed by atoms with van der Waals surface area (Å²) >= 11 is 0. The molecule has 1 heterocycles. The summed E-state index contributed by atoms with van der Waals surface area (Å²) in [4.78, 5) is 7.24. The Morgan fingerprint density at radius 1 is 1.39 bits per heavy atom. The van der Waals surface area contributed by atoms with E-state index in [1.807, 2.05) is 6.92 Å². The minimum absolute atomic E-state index is 0.283. The zero-order valence-corrected chi connectivity index (χ0v) is 11.1. The van der Waals surface area contributed by atoms with Gasteiger partial charge in [0.1, 0.15) is 0 Å². The number of nitrogens with zero attached hydrogens (tertiary/aromatic N) is 1. The van der Waals surface area contributed by atoms with E-state index in [0.29, 0.717) is 6.54 Å². The first-order valence-corrected chi connectivity index (χ1v) is 7.12. The fourth-order valence-electron chi connectivity index (χ4n) is 1.78. The average molecular weight is 265 g/mol. The van der Waals surface area contributed by atoms with Crippen LogP contribution in [0.15, 0.2) is 35.6 Å². The van der Waals surface area contributed by atoms with Crippen LogP contribution in [0.3, 0.4) is 0 Å². The summed E-state index contributed by atoms with van der Waals surface area (Å²) in [6.07, 6.45) is 3.30. The number of hydrogen-bond acceptors (Lipinski definition) is 3. The Morgan fingerprint density at radius 3 is 2.72 bits per heavy atom. The van der Waals surface area contributed by atoms with Crippen molar-refractivity contribution >= 4 is 10.0 Å². The van der Waals surface area contributed by atoms with E-state index in [-0.39, 0.29) is 4.90 Å². The third-order valence-corrected chi connectivity index (χ3v) is 4.17. The highest BCUT2D eigenvalue weighted by molar-refractivity contribution is 7.89. The van der Waals surface area contributed by atoms with E-state index >= 15 is 0 Å². The van der Waals surface area contributed by atoms with E-state index in [4.69, 9.17) is 0 Å². The smallest absolute Gasteiger partial charge is 0.240 e. The minimum Gasteiger partial charge on any atom is -0.345 e. The van der Waals surface area contributed by atoms with Crippen LogP contribution in [-0.4, -0.2) is 24.9 Å². The number of nitrogens with one attached hydrogen (secondary N) is 2. The molecule has 0 saturated heterocycles. The zero-order chi connectivity index (χ0) is 13.2. The van der Waals surface area contributed by atoms with Crippen molar-refractivity contribution in [1.82, 2.24) is 14.7 Å². The first-order valence-electron chi connectivity index (χ1n) is 5.63. The van der Waals surface area contributed by atoms with Crippen LogP contribution in [0.25, 0.3) is 11.3 Å². The van der Waals surface area contributed by atoms with Crippen molar-refractivity contribution in [3.05, 3.63) is 36.3 Å². The molecule has 0 aliphatic heterocycles. The summed E-state index contributed by atoms with van der Waals surface area (Å²) in [5, 5.41) is 0. The van der Waals surface area contributed by atoms with Gasteiger partial charge < -0.3 is 4.98 Å². The first-order chi connectivity index (χ1) is 8.54. The van der Waals surface area contributed by atoms with Crippen LogP contribution < -0.4 is 4.72 Å². The topological polar surface area (TPSA) is 74.8 Å². The number of aromatic amines is 1. The molecule has 1 aromatic carbocycles. The first kappa shape index (κ1) is 12.8. The molecule has 5 nitrogen and oxygen atoms in total. The highest BCUT2D eigenvalue weighted by Gasteiger charge is 2.14. The monoisotopic (exact) mass is 265 g/mol. The fraction of sp³-hybridized carbons (Fsp3) is 0.250. The summed E-state index contributed by atoms with van der Waals surface area (Å²) < 4.78 is 26.2. The highest BCUT2D eigenvalue weighted by atomic mass is 32.2. The predicted octanol–water partition coefficient (Wildman–Crippen LogP) is 1.68. The Morgan fingerprint density at radius 2 is 2.17 bits per heavy atom. The van der Waals surface area contributed by atoms with Gasteiger partial charge in [-0.3, -0.25) is 0 Å². The van der Waals surface area contributed by atoms with Crippen molar-refractivity contribution in [2.45, 2.75) is 18.7 Å². The molecule has 1 aromatic heterocycles. The summed E-state index contributed by atoms with van der Waals surface area (Å²) in [6.45, 7) is 4.01. The molecule has 0 amide bonds. The predicted molar refractivity (Wildman–Crippen MR) is 69.6 cm³/mol. The molecule has 2 N–H and O–H groups in total. The number of aryl methyl sites for hydroxylation is 1. The lowest BCUT2D eigenvalue weighted by Gasteiger charge is -2.08. The van der Waals surface area contributed by atoms with Crippen molar-refractivity contribution in [3.63, 3.8) is 0 Å². The molecule has 0 aliphatic rings. The maximum absolute atomic E-state index is 11.9. The van der Waals surface area contributed by atoms with E-state index in [9.17, 15) is 8.42 Å². The van der Waals surface area contributed by atoms with Crippen LogP contribution in [-0.2, 0) is 10.0 Å². The van der Waals surface area contributed by atoms with Gasteiger partial charge in [0.2, 0.25) is 10.0 Å². The van der Waals surface area contributed by atoms with Gasteiger partial charge in [-0.25, -0.2) is 18.1 Å². The third kappa shape index (κ3) is 2.44. The number of hydrogen-bond donors (Lipinski definition) is 2. The Labute approximate surface area is 106 Å². The Balaban J connectivity index is 2.43. The van der Waals surface area contributed by atoms with Crippen LogP contribution in [0.2, 0.25) is 0 Å². The maximum atomic E-state index is 11.9. The van der Waals surface area contributed by atoms with Crippen molar-refractivity contribution in [3.8, 4) is 11.3 Å². The second kappa shape index (κ2) is 4.91. The second-order valence-electron chi connectivity index (χ2n) is 3.94. The lowest BCUT2D eigenvalue weighted by atomic mass is 10.1. The van der Waals surface area contributed by atoms with E-state index < -0.39 is 10.0 Å². The molecule has 0 atom stereocenters. The van der Waals surface area contributed by atoms with Crippen LogP contribution in [0.1, 0.15) is 12.5 Å². The molecule has 96 valence electrons. The number of benzene rings is 1. The molecule has 0 bridgehead atoms. The van der Waals surface area contributed by atoms with Gasteiger partial charge in [-0.15, -0.1) is 0 Å². The average Bonchev–Trinajstić information content (AvgIpc) is 2.82. The van der Waals surface area contributed by atoms with Crippen molar-refractivity contribution in [2.24, 2.45) is 0 Å². The molecule has 0 spiro atoms. The Hall–Kier alpha value is -1.66. The van der Waals surface area contributed by atoms with Gasteiger partial charge in [0.25, 0.3) is 0 Å². The maximum Gasteiger partial charge on any atom is 0.240 e. The van der Waals surface area contributed by atoms with Crippen LogP contribution in [0.5, 0.6) is 0 Å². The molecule has 0 saturated carbocycles. The van der Waals surface area contributed by atoms with Crippen LogP contribution in [0, 0.1) is 6.92 Å². The Kier molecular flexibility index (Phi) is 3.49. The van der Waals surface area contributed by atoms with E-state index in [1.165, 1.54) is 0 Å². The van der Waals surface area contributed by atoms with Crippen LogP contribution in [0.4, 0.5) is 0 Å². The quantitative estimate of drug-likeness (QED) is 0.883. The molecule has 0 radical (unpaired) electrons. The number of rotatable bonds is 4. The van der Waals surface area contributed by atoms with Gasteiger partial charge in [-0.2, -0.15) is 0 Å². The zero-order valence-electron chi connectivity index (χ0n) is 10.3. The molecule has 18 heavy (non-hydrogen) atoms. The summed E-state index contributed by atoms with van der Waals surface area (Å²) in [5.74, 6) is 0. The lowest BCUT2D eigenvalue weighted by molar-refractivity contribution is 0.584. The van der Waals surface area contributed by atoms with Gasteiger partial charge in [-0.1, -0.05) is 13.0 Å². The molecule has 2 rings (SSSR count). The standard InChI is InChI=1S/C12H15N3O2S/c1-3-15-18(16,17)10-4-5-11(9(2)6-10)12-7-13-8-14-12/h4-8,15H,3H2,1-2H3,(H,13,14). The number of H-pyrrole nitrogens is 1. The number of imidazole rings is 1. The van der Waals surface area contributed by atoms with Gasteiger partial charge in [0.15, 0.2) is 0 Å². The molecule has 0 fully saturated rings. The molecule has 0 aliphatic carbocycles. The van der Waals surface area contributed by atoms with Gasteiger partial charge in [0, 0.05) is 12.1 Å². The van der Waals surface area contributed by atoms with E-state index in [1.54, 1.807) is 37.6 Å². The van der Waals surface area contributed by atoms with Crippen molar-refractivity contribution in [2.75, 3.05) is 6.54 Å². The molecule has 2 aromatic rings.